The average molecular weight is 313 g/mol. The van der Waals surface area contributed by atoms with E-state index in [1.54, 1.807) is 0 Å². The summed E-state index contributed by atoms with van der Waals surface area (Å²) in [6, 6.07) is 0.567. The Labute approximate surface area is 138 Å². The van der Waals surface area contributed by atoms with Gasteiger partial charge in [0.1, 0.15) is 11.6 Å². The van der Waals surface area contributed by atoms with Gasteiger partial charge in [-0.3, -0.25) is 0 Å². The molecule has 3 aliphatic carbocycles. The lowest BCUT2D eigenvalue weighted by Gasteiger charge is -2.57. The van der Waals surface area contributed by atoms with Crippen molar-refractivity contribution in [1.82, 2.24) is 9.97 Å². The predicted octanol–water partition coefficient (Wildman–Crippen LogP) is 3.42. The second-order valence-electron chi connectivity index (χ2n) is 8.06. The van der Waals surface area contributed by atoms with Gasteiger partial charge >= 0.3 is 0 Å². The minimum absolute atomic E-state index is 0.390. The number of aryl methyl sites for hydroxylation is 2. The lowest BCUT2D eigenvalue weighted by molar-refractivity contribution is -0.111. The highest BCUT2D eigenvalue weighted by atomic mass is 16.5. The van der Waals surface area contributed by atoms with Crippen LogP contribution in [0.4, 0.5) is 5.82 Å². The van der Waals surface area contributed by atoms with Crippen molar-refractivity contribution in [3.05, 3.63) is 17.1 Å². The van der Waals surface area contributed by atoms with Gasteiger partial charge in [0, 0.05) is 35.2 Å². The van der Waals surface area contributed by atoms with E-state index in [0.29, 0.717) is 23.5 Å². The van der Waals surface area contributed by atoms with E-state index in [-0.39, 0.29) is 0 Å². The molecule has 0 radical (unpaired) electrons. The maximum atomic E-state index is 6.12. The smallest absolute Gasteiger partial charge is 0.133 e. The molecule has 1 spiro atoms. The molecule has 2 saturated carbocycles. The third kappa shape index (κ3) is 2.00. The molecule has 4 aliphatic rings. The van der Waals surface area contributed by atoms with Gasteiger partial charge in [0.15, 0.2) is 0 Å². The largest absolute Gasteiger partial charge is 0.377 e. The topological polar surface area (TPSA) is 47.0 Å². The first kappa shape index (κ1) is 14.2. The fourth-order valence-corrected chi connectivity index (χ4v) is 5.89. The number of fused-ring (bicyclic) bond motifs is 3. The van der Waals surface area contributed by atoms with Gasteiger partial charge in [0.05, 0.1) is 6.10 Å². The molecule has 1 aliphatic heterocycles. The zero-order valence-electron chi connectivity index (χ0n) is 14.1. The van der Waals surface area contributed by atoms with E-state index in [9.17, 15) is 0 Å². The van der Waals surface area contributed by atoms with Crippen LogP contribution < -0.4 is 5.32 Å². The Bertz CT molecular complexity index is 623. The Hall–Kier alpha value is -1.16. The molecule has 0 bridgehead atoms. The molecule has 1 aromatic rings. The van der Waals surface area contributed by atoms with E-state index in [1.165, 1.54) is 56.2 Å². The lowest BCUT2D eigenvalue weighted by atomic mass is 9.54. The van der Waals surface area contributed by atoms with Crippen molar-refractivity contribution in [3.63, 3.8) is 0 Å². The Morgan fingerprint density at radius 1 is 1.09 bits per heavy atom. The van der Waals surface area contributed by atoms with E-state index < -0.39 is 0 Å². The zero-order chi connectivity index (χ0) is 15.4. The molecule has 3 atom stereocenters. The van der Waals surface area contributed by atoms with Gasteiger partial charge in [-0.25, -0.2) is 9.97 Å². The van der Waals surface area contributed by atoms with Gasteiger partial charge < -0.3 is 10.1 Å². The van der Waals surface area contributed by atoms with Crippen LogP contribution in [0.1, 0.15) is 62.0 Å². The fourth-order valence-electron chi connectivity index (χ4n) is 5.89. The van der Waals surface area contributed by atoms with Crippen LogP contribution >= 0.6 is 0 Å². The van der Waals surface area contributed by atoms with Gasteiger partial charge in [-0.15, -0.1) is 0 Å². The number of rotatable bonds is 2. The van der Waals surface area contributed by atoms with Gasteiger partial charge in [-0.2, -0.15) is 0 Å². The molecule has 2 heterocycles. The molecule has 23 heavy (non-hydrogen) atoms. The Balaban J connectivity index is 1.48. The molecule has 3 unspecified atom stereocenters. The summed E-state index contributed by atoms with van der Waals surface area (Å²) in [5.41, 5.74) is 3.09. The summed E-state index contributed by atoms with van der Waals surface area (Å²) in [5, 5.41) is 3.92. The van der Waals surface area contributed by atoms with E-state index in [0.717, 1.165) is 31.1 Å². The maximum Gasteiger partial charge on any atom is 0.133 e. The summed E-state index contributed by atoms with van der Waals surface area (Å²) in [5.74, 6) is 2.77. The fraction of sp³-hybridized carbons (Fsp3) is 0.789. The van der Waals surface area contributed by atoms with Crippen molar-refractivity contribution in [2.24, 2.45) is 11.3 Å². The van der Waals surface area contributed by atoms with E-state index >= 15 is 0 Å². The van der Waals surface area contributed by atoms with Crippen LogP contribution in [0.5, 0.6) is 0 Å². The molecule has 124 valence electrons. The van der Waals surface area contributed by atoms with E-state index in [4.69, 9.17) is 14.7 Å². The highest BCUT2D eigenvalue weighted by Crippen LogP contribution is 2.61. The Morgan fingerprint density at radius 2 is 1.91 bits per heavy atom. The van der Waals surface area contributed by atoms with Crippen LogP contribution in [0.2, 0.25) is 0 Å². The lowest BCUT2D eigenvalue weighted by Crippen LogP contribution is -2.65. The highest BCUT2D eigenvalue weighted by Gasteiger charge is 2.65. The molecule has 5 rings (SSSR count). The van der Waals surface area contributed by atoms with Gasteiger partial charge in [-0.1, -0.05) is 12.8 Å². The number of anilines is 1. The summed E-state index contributed by atoms with van der Waals surface area (Å²) in [7, 11) is 0. The quantitative estimate of drug-likeness (QED) is 0.909. The van der Waals surface area contributed by atoms with Gasteiger partial charge in [0.25, 0.3) is 0 Å². The summed E-state index contributed by atoms with van der Waals surface area (Å²) in [6.45, 7) is 2.99. The average Bonchev–Trinajstić information content (AvgIpc) is 3.20. The van der Waals surface area contributed by atoms with Crippen molar-refractivity contribution in [2.45, 2.75) is 76.9 Å². The standard InChI is InChI=1S/C19H27N3O/c1-12-20-15-7-3-2-6-13(15)18(21-12)22-16-14-8-11-23-17(14)19(16)9-4-5-10-19/h14,16-17H,2-11H2,1H3,(H,20,21,22). The molecule has 1 N–H and O–H groups in total. The molecular weight excluding hydrogens is 286 g/mol. The monoisotopic (exact) mass is 313 g/mol. The normalized spacial score (nSPS) is 34.0. The first-order chi connectivity index (χ1) is 11.3. The van der Waals surface area contributed by atoms with E-state index in [1.807, 2.05) is 6.92 Å². The summed E-state index contributed by atoms with van der Waals surface area (Å²) in [4.78, 5) is 9.52. The molecule has 0 aromatic carbocycles. The van der Waals surface area contributed by atoms with Crippen molar-refractivity contribution in [1.29, 1.82) is 0 Å². The van der Waals surface area contributed by atoms with Crippen molar-refractivity contribution in [3.8, 4) is 0 Å². The summed E-state index contributed by atoms with van der Waals surface area (Å²) in [6.07, 6.45) is 11.9. The molecule has 4 nitrogen and oxygen atoms in total. The minimum Gasteiger partial charge on any atom is -0.377 e. The summed E-state index contributed by atoms with van der Waals surface area (Å²) < 4.78 is 6.12. The molecule has 3 fully saturated rings. The number of aromatic nitrogens is 2. The van der Waals surface area contributed by atoms with Crippen LogP contribution in [0, 0.1) is 18.3 Å². The maximum absolute atomic E-state index is 6.12. The predicted molar refractivity (Wildman–Crippen MR) is 89.6 cm³/mol. The minimum atomic E-state index is 0.390. The molecule has 1 saturated heterocycles. The Kier molecular flexibility index (Phi) is 3.19. The first-order valence-corrected chi connectivity index (χ1v) is 9.52. The van der Waals surface area contributed by atoms with Crippen LogP contribution in [0.3, 0.4) is 0 Å². The second kappa shape index (κ2) is 5.17. The van der Waals surface area contributed by atoms with Crippen LogP contribution in [-0.2, 0) is 17.6 Å². The van der Waals surface area contributed by atoms with Gasteiger partial charge in [0.2, 0.25) is 0 Å². The zero-order valence-corrected chi connectivity index (χ0v) is 14.1. The molecule has 1 aromatic heterocycles. The third-order valence-corrected chi connectivity index (χ3v) is 6.87. The van der Waals surface area contributed by atoms with Crippen LogP contribution in [0.25, 0.3) is 0 Å². The van der Waals surface area contributed by atoms with E-state index in [2.05, 4.69) is 5.32 Å². The molecule has 0 amide bonds. The third-order valence-electron chi connectivity index (χ3n) is 6.87. The summed E-state index contributed by atoms with van der Waals surface area (Å²) >= 11 is 0. The van der Waals surface area contributed by atoms with Crippen molar-refractivity contribution < 1.29 is 4.74 Å². The van der Waals surface area contributed by atoms with Gasteiger partial charge in [-0.05, 0) is 51.9 Å². The second-order valence-corrected chi connectivity index (χ2v) is 8.06. The number of ether oxygens (including phenoxy) is 1. The first-order valence-electron chi connectivity index (χ1n) is 9.52. The van der Waals surface area contributed by atoms with Crippen molar-refractivity contribution >= 4 is 5.82 Å². The molecule has 4 heteroatoms. The SMILES string of the molecule is Cc1nc2c(c(NC3C4CCOC4C34CCCC4)n1)CCCC2. The number of nitrogens with zero attached hydrogens (tertiary/aromatic N) is 2. The Morgan fingerprint density at radius 3 is 2.78 bits per heavy atom. The van der Waals surface area contributed by atoms with Crippen molar-refractivity contribution in [2.75, 3.05) is 11.9 Å². The molecular formula is C19H27N3O. The number of hydrogen-bond acceptors (Lipinski definition) is 4. The van der Waals surface area contributed by atoms with Crippen LogP contribution in [-0.4, -0.2) is 28.7 Å². The number of hydrogen-bond donors (Lipinski definition) is 1. The van der Waals surface area contributed by atoms with Crippen LogP contribution in [0.15, 0.2) is 0 Å². The highest BCUT2D eigenvalue weighted by molar-refractivity contribution is 5.50. The number of nitrogens with one attached hydrogen (secondary N) is 1.